The Morgan fingerprint density at radius 3 is 2.59 bits per heavy atom. The molecule has 0 bridgehead atoms. The van der Waals surface area contributed by atoms with E-state index in [0.717, 1.165) is 0 Å². The highest BCUT2D eigenvalue weighted by molar-refractivity contribution is 6.31. The highest BCUT2D eigenvalue weighted by atomic mass is 35.5. The van der Waals surface area contributed by atoms with Gasteiger partial charge in [0.15, 0.2) is 11.6 Å². The van der Waals surface area contributed by atoms with Crippen molar-refractivity contribution in [2.75, 3.05) is 0 Å². The molecule has 0 N–H and O–H groups in total. The second kappa shape index (κ2) is 5.95. The first kappa shape index (κ1) is 16.9. The van der Waals surface area contributed by atoms with E-state index in [9.17, 15) is 18.0 Å². The minimum atomic E-state index is -1.37. The Morgan fingerprint density at radius 2 is 2.00 bits per heavy atom. The molecule has 120 valence electrons. The molecule has 0 aromatic heterocycles. The van der Waals surface area contributed by atoms with Crippen LogP contribution in [0.2, 0.25) is 5.02 Å². The molecular formula is C16H16ClF3O2. The number of carbonyl (C=O) groups excluding carboxylic acids is 1. The molecular weight excluding hydrogens is 317 g/mol. The number of carbonyl (C=O) groups is 1. The van der Waals surface area contributed by atoms with Crippen LogP contribution in [0.4, 0.5) is 13.2 Å². The minimum Gasteiger partial charge on any atom is -0.460 e. The number of hydrogen-bond donors (Lipinski definition) is 0. The average molecular weight is 333 g/mol. The van der Waals surface area contributed by atoms with Crippen molar-refractivity contribution in [1.29, 1.82) is 0 Å². The van der Waals surface area contributed by atoms with Gasteiger partial charge in [-0.25, -0.2) is 13.2 Å². The molecule has 1 fully saturated rings. The largest absolute Gasteiger partial charge is 0.460 e. The topological polar surface area (TPSA) is 26.3 Å². The van der Waals surface area contributed by atoms with Gasteiger partial charge in [-0.1, -0.05) is 37.6 Å². The molecule has 2 atom stereocenters. The second-order valence-electron chi connectivity index (χ2n) is 5.91. The van der Waals surface area contributed by atoms with Gasteiger partial charge in [-0.05, 0) is 18.3 Å². The van der Waals surface area contributed by atoms with Crippen LogP contribution in [-0.4, -0.2) is 5.97 Å². The van der Waals surface area contributed by atoms with Crippen molar-refractivity contribution in [1.82, 2.24) is 0 Å². The summed E-state index contributed by atoms with van der Waals surface area (Å²) in [5, 5.41) is -0.577. The van der Waals surface area contributed by atoms with E-state index in [4.69, 9.17) is 16.3 Å². The van der Waals surface area contributed by atoms with Gasteiger partial charge in [0.1, 0.15) is 12.4 Å². The zero-order valence-corrected chi connectivity index (χ0v) is 13.2. The Kier molecular flexibility index (Phi) is 4.57. The van der Waals surface area contributed by atoms with Gasteiger partial charge in [-0.15, -0.1) is 0 Å². The van der Waals surface area contributed by atoms with E-state index in [2.05, 4.69) is 0 Å². The predicted molar refractivity (Wildman–Crippen MR) is 76.7 cm³/mol. The van der Waals surface area contributed by atoms with Crippen molar-refractivity contribution in [2.24, 2.45) is 17.3 Å². The zero-order valence-electron chi connectivity index (χ0n) is 12.4. The Labute approximate surface area is 131 Å². The lowest BCUT2D eigenvalue weighted by atomic mass is 10.1. The van der Waals surface area contributed by atoms with Crippen LogP contribution in [0.15, 0.2) is 18.2 Å². The molecule has 6 heteroatoms. The molecule has 0 aliphatic heterocycles. The van der Waals surface area contributed by atoms with Gasteiger partial charge < -0.3 is 4.74 Å². The lowest BCUT2D eigenvalue weighted by molar-refractivity contribution is -0.147. The molecule has 0 unspecified atom stereocenters. The van der Waals surface area contributed by atoms with E-state index in [1.165, 1.54) is 0 Å². The summed E-state index contributed by atoms with van der Waals surface area (Å²) in [6, 6.07) is 0.356. The zero-order chi connectivity index (χ0) is 16.7. The van der Waals surface area contributed by atoms with Crippen LogP contribution >= 0.6 is 11.6 Å². The highest BCUT2D eigenvalue weighted by Crippen LogP contribution is 2.59. The number of esters is 1. The van der Waals surface area contributed by atoms with Crippen molar-refractivity contribution in [3.05, 3.63) is 46.3 Å². The quantitative estimate of drug-likeness (QED) is 0.456. The first-order valence-electron chi connectivity index (χ1n) is 6.83. The third-order valence-electron chi connectivity index (χ3n) is 4.13. The normalized spacial score (nSPS) is 22.9. The molecule has 0 heterocycles. The molecule has 2 nitrogen and oxygen atoms in total. The Bertz CT molecular complexity index is 615. The molecule has 1 aromatic carbocycles. The Balaban J connectivity index is 2.10. The minimum absolute atomic E-state index is 0.0366. The molecule has 0 radical (unpaired) electrons. The fraction of sp³-hybridized carbons (Fsp3) is 0.438. The van der Waals surface area contributed by atoms with E-state index >= 15 is 0 Å². The fourth-order valence-electron chi connectivity index (χ4n) is 2.68. The smallest absolute Gasteiger partial charge is 0.310 e. The SMILES string of the molecule is CC=C[C@@H]1[C@@H](C(=O)OCc2c(F)c(F)cc(F)c2Cl)C1(C)C. The van der Waals surface area contributed by atoms with Gasteiger partial charge in [0.05, 0.1) is 10.9 Å². The van der Waals surface area contributed by atoms with Crippen molar-refractivity contribution in [2.45, 2.75) is 27.4 Å². The van der Waals surface area contributed by atoms with E-state index < -0.39 is 40.6 Å². The van der Waals surface area contributed by atoms with Gasteiger partial charge >= 0.3 is 5.97 Å². The third kappa shape index (κ3) is 2.86. The molecule has 1 saturated carbocycles. The van der Waals surface area contributed by atoms with Crippen molar-refractivity contribution >= 4 is 17.6 Å². The monoisotopic (exact) mass is 332 g/mol. The summed E-state index contributed by atoms with van der Waals surface area (Å²) >= 11 is 5.60. The van der Waals surface area contributed by atoms with Crippen LogP contribution in [0.5, 0.6) is 0 Å². The van der Waals surface area contributed by atoms with Crippen LogP contribution in [0, 0.1) is 34.7 Å². The Morgan fingerprint density at radius 1 is 1.36 bits per heavy atom. The average Bonchev–Trinajstić information content (AvgIpc) is 2.98. The number of allylic oxidation sites excluding steroid dienone is 2. The summed E-state index contributed by atoms with van der Waals surface area (Å²) < 4.78 is 45.1. The maximum Gasteiger partial charge on any atom is 0.310 e. The number of benzene rings is 1. The number of halogens is 4. The number of rotatable bonds is 4. The van der Waals surface area contributed by atoms with Crippen molar-refractivity contribution in [3.63, 3.8) is 0 Å². The van der Waals surface area contributed by atoms with Crippen LogP contribution < -0.4 is 0 Å². The Hall–Kier alpha value is -1.49. The summed E-state index contributed by atoms with van der Waals surface area (Å²) in [5.41, 5.74) is -0.743. The summed E-state index contributed by atoms with van der Waals surface area (Å²) in [5.74, 6) is -4.62. The van der Waals surface area contributed by atoms with E-state index in [1.54, 1.807) is 0 Å². The van der Waals surface area contributed by atoms with E-state index in [0.29, 0.717) is 6.07 Å². The highest BCUT2D eigenvalue weighted by Gasteiger charge is 2.61. The molecule has 22 heavy (non-hydrogen) atoms. The van der Waals surface area contributed by atoms with Crippen molar-refractivity contribution in [3.8, 4) is 0 Å². The third-order valence-corrected chi connectivity index (χ3v) is 4.53. The predicted octanol–water partition coefficient (Wildman–Crippen LogP) is 4.65. The van der Waals surface area contributed by atoms with Crippen LogP contribution in [-0.2, 0) is 16.1 Å². The lowest BCUT2D eigenvalue weighted by Crippen LogP contribution is -2.12. The van der Waals surface area contributed by atoms with Gasteiger partial charge in [0.25, 0.3) is 0 Å². The van der Waals surface area contributed by atoms with Crippen molar-refractivity contribution < 1.29 is 22.7 Å². The standard InChI is InChI=1S/C16H16ClF3O2/c1-4-5-9-12(16(9,2)3)15(21)22-7-8-13(17)10(18)6-11(19)14(8)20/h4-6,9,12H,7H2,1-3H3/t9-,12+/m1/s1. The fourth-order valence-corrected chi connectivity index (χ4v) is 2.87. The number of ether oxygens (including phenoxy) is 1. The maximum atomic E-state index is 13.6. The van der Waals surface area contributed by atoms with Crippen LogP contribution in [0.1, 0.15) is 26.3 Å². The van der Waals surface area contributed by atoms with Gasteiger partial charge in [0, 0.05) is 11.6 Å². The molecule has 1 aromatic rings. The first-order valence-corrected chi connectivity index (χ1v) is 7.21. The summed E-state index contributed by atoms with van der Waals surface area (Å²) in [7, 11) is 0. The summed E-state index contributed by atoms with van der Waals surface area (Å²) in [4.78, 5) is 12.1. The molecule has 2 rings (SSSR count). The maximum absolute atomic E-state index is 13.6. The molecule has 0 spiro atoms. The summed E-state index contributed by atoms with van der Waals surface area (Å²) in [6.07, 6.45) is 3.75. The molecule has 0 saturated heterocycles. The molecule has 0 amide bonds. The van der Waals surface area contributed by atoms with E-state index in [1.807, 2.05) is 32.9 Å². The van der Waals surface area contributed by atoms with Crippen LogP contribution in [0.25, 0.3) is 0 Å². The summed E-state index contributed by atoms with van der Waals surface area (Å²) in [6.45, 7) is 5.08. The molecule has 1 aliphatic rings. The van der Waals surface area contributed by atoms with E-state index in [-0.39, 0.29) is 17.3 Å². The molecule has 1 aliphatic carbocycles. The van der Waals surface area contributed by atoms with Gasteiger partial charge in [-0.3, -0.25) is 4.79 Å². The second-order valence-corrected chi connectivity index (χ2v) is 6.28. The van der Waals surface area contributed by atoms with Gasteiger partial charge in [-0.2, -0.15) is 0 Å². The first-order chi connectivity index (χ1) is 10.2. The van der Waals surface area contributed by atoms with Crippen LogP contribution in [0.3, 0.4) is 0 Å². The lowest BCUT2D eigenvalue weighted by Gasteiger charge is -2.09. The number of hydrogen-bond acceptors (Lipinski definition) is 2. The van der Waals surface area contributed by atoms with Gasteiger partial charge in [0.2, 0.25) is 0 Å².